The van der Waals surface area contributed by atoms with E-state index in [1.807, 2.05) is 36.4 Å². The molecule has 1 aliphatic rings. The van der Waals surface area contributed by atoms with E-state index in [9.17, 15) is 19.1 Å². The summed E-state index contributed by atoms with van der Waals surface area (Å²) in [6.45, 7) is 5.58. The third-order valence-electron chi connectivity index (χ3n) is 6.58. The molecule has 9 heteroatoms. The van der Waals surface area contributed by atoms with Crippen LogP contribution in [0.5, 0.6) is 0 Å². The van der Waals surface area contributed by atoms with Gasteiger partial charge in [-0.15, -0.1) is 0 Å². The number of benzene rings is 2. The zero-order valence-electron chi connectivity index (χ0n) is 20.1. The van der Waals surface area contributed by atoms with Crippen LogP contribution in [-0.2, 0) is 15.8 Å². The maximum absolute atomic E-state index is 13.2. The van der Waals surface area contributed by atoms with Gasteiger partial charge in [0.1, 0.15) is 19.0 Å². The van der Waals surface area contributed by atoms with Crippen LogP contribution in [0, 0.1) is 0 Å². The Labute approximate surface area is 204 Å². The summed E-state index contributed by atoms with van der Waals surface area (Å²) in [4.78, 5) is 26.2. The molecule has 1 fully saturated rings. The molecule has 2 aromatic carbocycles. The van der Waals surface area contributed by atoms with E-state index in [0.717, 1.165) is 21.1 Å². The number of hydrogen-bond donors (Lipinski definition) is 2. The van der Waals surface area contributed by atoms with Crippen molar-refractivity contribution in [2.24, 2.45) is 0 Å². The van der Waals surface area contributed by atoms with Crippen LogP contribution in [-0.4, -0.2) is 41.8 Å². The second-order valence-corrected chi connectivity index (χ2v) is 14.2. The number of alkyl halides is 1. The van der Waals surface area contributed by atoms with Crippen molar-refractivity contribution in [3.63, 3.8) is 0 Å². The SMILES string of the molecule is CC(C)(C)[Si](OC[C@@H]1O[C@H](n2cc(CF)c(=O)[nH]c2=O)CC1O)(c1ccccc1)c1ccccc1. The molecule has 0 radical (unpaired) electrons. The van der Waals surface area contributed by atoms with Crippen molar-refractivity contribution in [3.8, 4) is 0 Å². The summed E-state index contributed by atoms with van der Waals surface area (Å²) in [5.41, 5.74) is -1.65. The third-order valence-corrected chi connectivity index (χ3v) is 11.6. The lowest BCUT2D eigenvalue weighted by atomic mass is 10.2. The molecule has 1 unspecified atom stereocenters. The van der Waals surface area contributed by atoms with Gasteiger partial charge in [-0.2, -0.15) is 0 Å². The first-order valence-electron chi connectivity index (χ1n) is 11.7. The van der Waals surface area contributed by atoms with Gasteiger partial charge in [0.2, 0.25) is 0 Å². The van der Waals surface area contributed by atoms with Crippen LogP contribution in [0.3, 0.4) is 0 Å². The molecule has 186 valence electrons. The van der Waals surface area contributed by atoms with E-state index >= 15 is 0 Å². The van der Waals surface area contributed by atoms with E-state index in [2.05, 4.69) is 50.0 Å². The zero-order chi connectivity index (χ0) is 25.2. The summed E-state index contributed by atoms with van der Waals surface area (Å²) in [5, 5.41) is 12.7. The Morgan fingerprint density at radius 2 is 1.66 bits per heavy atom. The minimum Gasteiger partial charge on any atom is -0.405 e. The molecule has 4 rings (SSSR count). The summed E-state index contributed by atoms with van der Waals surface area (Å²) in [5.74, 6) is 0. The molecule has 0 spiro atoms. The second-order valence-electron chi connectivity index (χ2n) is 9.86. The lowest BCUT2D eigenvalue weighted by molar-refractivity contribution is -0.0427. The highest BCUT2D eigenvalue weighted by Crippen LogP contribution is 2.38. The Kier molecular flexibility index (Phi) is 7.23. The van der Waals surface area contributed by atoms with Crippen molar-refractivity contribution in [1.29, 1.82) is 0 Å². The number of aromatic nitrogens is 2. The standard InChI is InChI=1S/C26H31FN2O5Si/c1-26(2,3)35(19-10-6-4-7-11-19,20-12-8-5-9-13-20)33-17-22-21(30)14-23(34-22)29-16-18(15-27)24(31)28-25(29)32/h4-13,16,21-23,30H,14-15,17H2,1-3H3,(H,28,31,32)/t21?,22-,23-/m0/s1. The summed E-state index contributed by atoms with van der Waals surface area (Å²) in [6.07, 6.45) is -1.16. The minimum absolute atomic E-state index is 0.110. The van der Waals surface area contributed by atoms with E-state index in [0.29, 0.717) is 0 Å². The fourth-order valence-corrected chi connectivity index (χ4v) is 9.41. The van der Waals surface area contributed by atoms with Gasteiger partial charge in [-0.05, 0) is 15.4 Å². The second kappa shape index (κ2) is 10.0. The maximum Gasteiger partial charge on any atom is 0.330 e. The predicted octanol–water partition coefficient (Wildman–Crippen LogP) is 2.23. The number of aliphatic hydroxyl groups excluding tert-OH is 1. The molecule has 3 atom stereocenters. The zero-order valence-corrected chi connectivity index (χ0v) is 21.1. The highest BCUT2D eigenvalue weighted by atomic mass is 28.4. The average molecular weight is 499 g/mol. The number of halogens is 1. The Morgan fingerprint density at radius 1 is 1.09 bits per heavy atom. The van der Waals surface area contributed by atoms with Gasteiger partial charge in [-0.1, -0.05) is 81.4 Å². The van der Waals surface area contributed by atoms with Crippen LogP contribution in [0.25, 0.3) is 0 Å². The summed E-state index contributed by atoms with van der Waals surface area (Å²) in [7, 11) is -2.84. The van der Waals surface area contributed by atoms with Gasteiger partial charge in [0.05, 0.1) is 18.3 Å². The molecule has 2 heterocycles. The lowest BCUT2D eigenvalue weighted by Crippen LogP contribution is -2.67. The molecule has 2 N–H and O–H groups in total. The van der Waals surface area contributed by atoms with Gasteiger partial charge in [0.15, 0.2) is 0 Å². The van der Waals surface area contributed by atoms with Gasteiger partial charge in [-0.3, -0.25) is 14.3 Å². The molecule has 3 aromatic rings. The van der Waals surface area contributed by atoms with Crippen LogP contribution in [0.2, 0.25) is 5.04 Å². The molecule has 0 aliphatic carbocycles. The van der Waals surface area contributed by atoms with E-state index in [1.54, 1.807) is 0 Å². The van der Waals surface area contributed by atoms with E-state index in [1.165, 1.54) is 0 Å². The number of H-pyrrole nitrogens is 1. The first-order valence-corrected chi connectivity index (χ1v) is 13.6. The monoisotopic (exact) mass is 498 g/mol. The first kappa shape index (κ1) is 25.2. The first-order chi connectivity index (χ1) is 16.7. The Balaban J connectivity index is 1.65. The number of nitrogens with zero attached hydrogens (tertiary/aromatic N) is 1. The fourth-order valence-electron chi connectivity index (χ4n) is 4.84. The molecule has 35 heavy (non-hydrogen) atoms. The highest BCUT2D eigenvalue weighted by molar-refractivity contribution is 6.99. The lowest BCUT2D eigenvalue weighted by Gasteiger charge is -2.43. The summed E-state index contributed by atoms with van der Waals surface area (Å²) in [6, 6.07) is 20.3. The Bertz CT molecular complexity index is 1220. The molecule has 1 saturated heterocycles. The van der Waals surface area contributed by atoms with Crippen LogP contribution >= 0.6 is 0 Å². The van der Waals surface area contributed by atoms with Gasteiger partial charge in [-0.25, -0.2) is 9.18 Å². The topological polar surface area (TPSA) is 93.5 Å². The molecular weight excluding hydrogens is 467 g/mol. The molecule has 1 aromatic heterocycles. The van der Waals surface area contributed by atoms with Crippen LogP contribution in [0.1, 0.15) is 39.0 Å². The molecule has 7 nitrogen and oxygen atoms in total. The summed E-state index contributed by atoms with van der Waals surface area (Å²) >= 11 is 0. The molecule has 0 amide bonds. The maximum atomic E-state index is 13.2. The molecular formula is C26H31FN2O5Si. The number of nitrogens with one attached hydrogen (secondary N) is 1. The van der Waals surface area contributed by atoms with Crippen molar-refractivity contribution < 1.29 is 18.7 Å². The van der Waals surface area contributed by atoms with E-state index in [4.69, 9.17) is 9.16 Å². The number of aromatic amines is 1. The minimum atomic E-state index is -2.84. The Hall–Kier alpha value is -2.85. The normalized spacial score (nSPS) is 20.8. The van der Waals surface area contributed by atoms with Gasteiger partial charge in [0, 0.05) is 12.6 Å². The average Bonchev–Trinajstić information content (AvgIpc) is 3.20. The highest BCUT2D eigenvalue weighted by Gasteiger charge is 2.51. The van der Waals surface area contributed by atoms with Crippen LogP contribution in [0.15, 0.2) is 76.4 Å². The van der Waals surface area contributed by atoms with Crippen molar-refractivity contribution >= 4 is 18.7 Å². The molecule has 0 saturated carbocycles. The van der Waals surface area contributed by atoms with Crippen LogP contribution in [0.4, 0.5) is 4.39 Å². The number of aliphatic hydroxyl groups is 1. The smallest absolute Gasteiger partial charge is 0.330 e. The molecule has 1 aliphatic heterocycles. The predicted molar refractivity (Wildman–Crippen MR) is 134 cm³/mol. The third kappa shape index (κ3) is 4.81. The van der Waals surface area contributed by atoms with Crippen molar-refractivity contribution in [1.82, 2.24) is 9.55 Å². The Morgan fingerprint density at radius 3 is 2.17 bits per heavy atom. The van der Waals surface area contributed by atoms with Gasteiger partial charge >= 0.3 is 5.69 Å². The van der Waals surface area contributed by atoms with Crippen molar-refractivity contribution in [2.45, 2.75) is 57.3 Å². The van der Waals surface area contributed by atoms with E-state index in [-0.39, 0.29) is 23.6 Å². The van der Waals surface area contributed by atoms with E-state index < -0.39 is 44.7 Å². The molecule has 0 bridgehead atoms. The number of ether oxygens (including phenoxy) is 1. The summed E-state index contributed by atoms with van der Waals surface area (Å²) < 4.78 is 27.2. The fraction of sp³-hybridized carbons (Fsp3) is 0.385. The largest absolute Gasteiger partial charge is 0.405 e. The quantitative estimate of drug-likeness (QED) is 0.488. The number of rotatable bonds is 7. The van der Waals surface area contributed by atoms with Crippen molar-refractivity contribution in [2.75, 3.05) is 6.61 Å². The van der Waals surface area contributed by atoms with Crippen LogP contribution < -0.4 is 21.6 Å². The van der Waals surface area contributed by atoms with Gasteiger partial charge < -0.3 is 14.3 Å². The van der Waals surface area contributed by atoms with Crippen molar-refractivity contribution in [3.05, 3.63) is 93.3 Å². The van der Waals surface area contributed by atoms with Gasteiger partial charge in [0.25, 0.3) is 13.9 Å². The number of hydrogen-bond acceptors (Lipinski definition) is 5.